The fourth-order valence-electron chi connectivity index (χ4n) is 1.66. The minimum atomic E-state index is -4.66. The fourth-order valence-corrected chi connectivity index (χ4v) is 1.66. The van der Waals surface area contributed by atoms with Crippen LogP contribution in [0.1, 0.15) is 28.8 Å². The van der Waals surface area contributed by atoms with Gasteiger partial charge in [0.15, 0.2) is 0 Å². The van der Waals surface area contributed by atoms with Crippen molar-refractivity contribution < 1.29 is 23.1 Å². The standard InChI is InChI=1S/C12H12F3NO2.ClH/c13-12(14,15)10-5-8(16-6-7-1-2-7)3-4-9(10)11(17)18;/h3-5,7,16H,1-2,6H2,(H,17,18);1H. The average molecular weight is 296 g/mol. The summed E-state index contributed by atoms with van der Waals surface area (Å²) in [7, 11) is 0. The van der Waals surface area contributed by atoms with Crippen LogP contribution in [0.4, 0.5) is 18.9 Å². The van der Waals surface area contributed by atoms with Crippen LogP contribution in [0.15, 0.2) is 18.2 Å². The van der Waals surface area contributed by atoms with Gasteiger partial charge in [-0.15, -0.1) is 12.4 Å². The molecule has 0 spiro atoms. The summed E-state index contributed by atoms with van der Waals surface area (Å²) < 4.78 is 38.1. The lowest BCUT2D eigenvalue weighted by Gasteiger charge is -2.13. The van der Waals surface area contributed by atoms with Gasteiger partial charge in [0, 0.05) is 12.2 Å². The number of halogens is 4. The lowest BCUT2D eigenvalue weighted by Crippen LogP contribution is -2.14. The molecule has 0 bridgehead atoms. The summed E-state index contributed by atoms with van der Waals surface area (Å²) in [6.45, 7) is 0.629. The molecule has 1 aromatic rings. The molecule has 0 unspecified atom stereocenters. The zero-order chi connectivity index (χ0) is 13.3. The molecule has 0 aromatic heterocycles. The molecule has 2 rings (SSSR count). The number of benzene rings is 1. The Balaban J connectivity index is 0.00000180. The molecule has 2 N–H and O–H groups in total. The van der Waals surface area contributed by atoms with E-state index in [-0.39, 0.29) is 12.4 Å². The van der Waals surface area contributed by atoms with E-state index in [1.54, 1.807) is 0 Å². The van der Waals surface area contributed by atoms with Gasteiger partial charge in [-0.1, -0.05) is 0 Å². The molecule has 0 saturated heterocycles. The van der Waals surface area contributed by atoms with Gasteiger partial charge in [0.2, 0.25) is 0 Å². The van der Waals surface area contributed by atoms with Gasteiger partial charge in [-0.05, 0) is 37.0 Å². The maximum absolute atomic E-state index is 12.7. The van der Waals surface area contributed by atoms with Crippen molar-refractivity contribution in [1.29, 1.82) is 0 Å². The van der Waals surface area contributed by atoms with Crippen LogP contribution in [0.3, 0.4) is 0 Å². The summed E-state index contributed by atoms with van der Waals surface area (Å²) in [6, 6.07) is 3.20. The second-order valence-corrected chi connectivity index (χ2v) is 4.39. The quantitative estimate of drug-likeness (QED) is 0.891. The van der Waals surface area contributed by atoms with E-state index < -0.39 is 23.3 Å². The number of hydrogen-bond donors (Lipinski definition) is 2. The number of hydrogen-bond acceptors (Lipinski definition) is 2. The number of anilines is 1. The third-order valence-corrected chi connectivity index (χ3v) is 2.85. The van der Waals surface area contributed by atoms with Crippen molar-refractivity contribution in [2.45, 2.75) is 19.0 Å². The predicted octanol–water partition coefficient (Wildman–Crippen LogP) is 3.65. The summed E-state index contributed by atoms with van der Waals surface area (Å²) in [5.74, 6) is -1.05. The Morgan fingerprint density at radius 1 is 1.37 bits per heavy atom. The Hall–Kier alpha value is -1.43. The molecule has 1 aliphatic rings. The van der Waals surface area contributed by atoms with Crippen LogP contribution < -0.4 is 5.32 Å². The topological polar surface area (TPSA) is 49.3 Å². The van der Waals surface area contributed by atoms with Crippen LogP contribution in [0.2, 0.25) is 0 Å². The van der Waals surface area contributed by atoms with Crippen molar-refractivity contribution in [2.24, 2.45) is 5.92 Å². The minimum Gasteiger partial charge on any atom is -0.478 e. The third kappa shape index (κ3) is 4.02. The van der Waals surface area contributed by atoms with Crippen LogP contribution in [0, 0.1) is 5.92 Å². The van der Waals surface area contributed by atoms with Crippen LogP contribution in [0.25, 0.3) is 0 Å². The van der Waals surface area contributed by atoms with Crippen LogP contribution in [0.5, 0.6) is 0 Å². The summed E-state index contributed by atoms with van der Waals surface area (Å²) in [4.78, 5) is 10.7. The van der Waals surface area contributed by atoms with Gasteiger partial charge in [-0.25, -0.2) is 4.79 Å². The Labute approximate surface area is 114 Å². The Morgan fingerprint density at radius 3 is 2.47 bits per heavy atom. The van der Waals surface area contributed by atoms with Crippen molar-refractivity contribution >= 4 is 24.1 Å². The minimum absolute atomic E-state index is 0. The number of aromatic carboxylic acids is 1. The first kappa shape index (κ1) is 15.6. The highest BCUT2D eigenvalue weighted by molar-refractivity contribution is 5.90. The lowest BCUT2D eigenvalue weighted by atomic mass is 10.1. The Kier molecular flexibility index (Phi) is 4.68. The van der Waals surface area contributed by atoms with Gasteiger partial charge in [-0.3, -0.25) is 0 Å². The molecule has 106 valence electrons. The molecule has 19 heavy (non-hydrogen) atoms. The van der Waals surface area contributed by atoms with Gasteiger partial charge in [-0.2, -0.15) is 13.2 Å². The summed E-state index contributed by atoms with van der Waals surface area (Å²) >= 11 is 0. The van der Waals surface area contributed by atoms with Crippen molar-refractivity contribution in [3.63, 3.8) is 0 Å². The maximum Gasteiger partial charge on any atom is 0.417 e. The summed E-state index contributed by atoms with van der Waals surface area (Å²) in [6.07, 6.45) is -2.48. The Bertz CT molecular complexity index is 473. The molecule has 0 atom stereocenters. The van der Waals surface area contributed by atoms with Crippen molar-refractivity contribution in [1.82, 2.24) is 0 Å². The first-order valence-electron chi connectivity index (χ1n) is 5.56. The van der Waals surface area contributed by atoms with E-state index in [1.165, 1.54) is 6.07 Å². The normalized spacial score (nSPS) is 14.7. The Morgan fingerprint density at radius 2 is 2.00 bits per heavy atom. The molecule has 1 aliphatic carbocycles. The van der Waals surface area contributed by atoms with E-state index in [2.05, 4.69) is 5.32 Å². The monoisotopic (exact) mass is 295 g/mol. The molecule has 7 heteroatoms. The smallest absolute Gasteiger partial charge is 0.417 e. The molecule has 0 heterocycles. The zero-order valence-corrected chi connectivity index (χ0v) is 10.6. The van der Waals surface area contributed by atoms with E-state index in [0.717, 1.165) is 25.0 Å². The van der Waals surface area contributed by atoms with Gasteiger partial charge < -0.3 is 10.4 Å². The number of carboxylic acid groups (broad SMARTS) is 1. The van der Waals surface area contributed by atoms with Gasteiger partial charge in [0.25, 0.3) is 0 Å². The third-order valence-electron chi connectivity index (χ3n) is 2.85. The molecule has 0 aliphatic heterocycles. The highest BCUT2D eigenvalue weighted by atomic mass is 35.5. The summed E-state index contributed by atoms with van der Waals surface area (Å²) in [5, 5.41) is 11.6. The largest absolute Gasteiger partial charge is 0.478 e. The second-order valence-electron chi connectivity index (χ2n) is 4.39. The van der Waals surface area contributed by atoms with Crippen molar-refractivity contribution in [3.8, 4) is 0 Å². The summed E-state index contributed by atoms with van der Waals surface area (Å²) in [5.41, 5.74) is -1.53. The number of rotatable bonds is 4. The number of carboxylic acids is 1. The van der Waals surface area contributed by atoms with E-state index in [4.69, 9.17) is 5.11 Å². The molecule has 1 aromatic carbocycles. The molecule has 3 nitrogen and oxygen atoms in total. The van der Waals surface area contributed by atoms with E-state index in [9.17, 15) is 18.0 Å². The zero-order valence-electron chi connectivity index (χ0n) is 9.83. The first-order valence-corrected chi connectivity index (χ1v) is 5.56. The second kappa shape index (κ2) is 5.69. The van der Waals surface area contributed by atoms with Crippen LogP contribution in [-0.2, 0) is 6.18 Å². The van der Waals surface area contributed by atoms with Crippen molar-refractivity contribution in [2.75, 3.05) is 11.9 Å². The molecule has 1 fully saturated rings. The average Bonchev–Trinajstić information content (AvgIpc) is 3.08. The van der Waals surface area contributed by atoms with Gasteiger partial charge >= 0.3 is 12.1 Å². The lowest BCUT2D eigenvalue weighted by molar-refractivity contribution is -0.138. The SMILES string of the molecule is Cl.O=C(O)c1ccc(NCC2CC2)cc1C(F)(F)F. The fraction of sp³-hybridized carbons (Fsp3) is 0.417. The number of nitrogens with one attached hydrogen (secondary N) is 1. The number of alkyl halides is 3. The van der Waals surface area contributed by atoms with Gasteiger partial charge in [0.05, 0.1) is 11.1 Å². The van der Waals surface area contributed by atoms with E-state index in [0.29, 0.717) is 18.2 Å². The predicted molar refractivity (Wildman–Crippen MR) is 66.9 cm³/mol. The molecular weight excluding hydrogens is 283 g/mol. The highest BCUT2D eigenvalue weighted by Gasteiger charge is 2.35. The van der Waals surface area contributed by atoms with E-state index in [1.807, 2.05) is 0 Å². The van der Waals surface area contributed by atoms with Crippen LogP contribution in [-0.4, -0.2) is 17.6 Å². The first-order chi connectivity index (χ1) is 8.38. The number of carbonyl (C=O) groups is 1. The maximum atomic E-state index is 12.7. The molecular formula is C12H13ClF3NO2. The van der Waals surface area contributed by atoms with E-state index >= 15 is 0 Å². The van der Waals surface area contributed by atoms with Gasteiger partial charge in [0.1, 0.15) is 0 Å². The highest BCUT2D eigenvalue weighted by Crippen LogP contribution is 2.34. The van der Waals surface area contributed by atoms with Crippen LogP contribution >= 0.6 is 12.4 Å². The molecule has 0 amide bonds. The van der Waals surface area contributed by atoms with Crippen molar-refractivity contribution in [3.05, 3.63) is 29.3 Å². The molecule has 0 radical (unpaired) electrons. The molecule has 1 saturated carbocycles.